The van der Waals surface area contributed by atoms with E-state index in [4.69, 9.17) is 11.5 Å². The minimum Gasteiger partial charge on any atom is -0.366 e. The van der Waals surface area contributed by atoms with Gasteiger partial charge in [0.2, 0.25) is 5.91 Å². The van der Waals surface area contributed by atoms with Crippen molar-refractivity contribution in [1.29, 1.82) is 0 Å². The first-order valence-corrected chi connectivity index (χ1v) is 6.49. The van der Waals surface area contributed by atoms with Crippen LogP contribution in [0.15, 0.2) is 24.3 Å². The summed E-state index contributed by atoms with van der Waals surface area (Å²) in [5.41, 5.74) is 11.7. The molecule has 1 unspecified atom stereocenters. The van der Waals surface area contributed by atoms with Crippen LogP contribution in [0.2, 0.25) is 0 Å². The topological polar surface area (TPSA) is 98.2 Å². The van der Waals surface area contributed by atoms with Crippen molar-refractivity contribution in [2.24, 2.45) is 11.5 Å². The quantitative estimate of drug-likeness (QED) is 0.710. The molecule has 0 bridgehead atoms. The Morgan fingerprint density at radius 3 is 2.20 bits per heavy atom. The summed E-state index contributed by atoms with van der Waals surface area (Å²) in [4.78, 5) is 22.9. The van der Waals surface area contributed by atoms with Crippen LogP contribution in [-0.2, 0) is 0 Å². The number of carbonyl (C=O) groups is 2. The van der Waals surface area contributed by atoms with E-state index in [2.05, 4.69) is 12.2 Å². The van der Waals surface area contributed by atoms with Crippen molar-refractivity contribution in [2.45, 2.75) is 32.2 Å². The molecular weight excluding hydrogens is 278 g/mol. The van der Waals surface area contributed by atoms with Crippen LogP contribution in [0.3, 0.4) is 0 Å². The number of rotatable bonds is 7. The number of amides is 2. The van der Waals surface area contributed by atoms with Crippen LogP contribution in [0, 0.1) is 0 Å². The molecule has 20 heavy (non-hydrogen) atoms. The highest BCUT2D eigenvalue weighted by atomic mass is 35.5. The van der Waals surface area contributed by atoms with Crippen molar-refractivity contribution in [1.82, 2.24) is 5.32 Å². The number of hydrogen-bond acceptors (Lipinski definition) is 3. The molecule has 0 heterocycles. The Bertz CT molecular complexity index is 435. The first-order valence-electron chi connectivity index (χ1n) is 6.49. The van der Waals surface area contributed by atoms with Crippen molar-refractivity contribution in [3.8, 4) is 0 Å². The maximum absolute atomic E-state index is 12.0. The SMILES string of the molecule is CCCCC(CN)NC(=O)c1ccc(C(N)=O)cc1.Cl. The predicted octanol–water partition coefficient (Wildman–Crippen LogP) is 1.45. The lowest BCUT2D eigenvalue weighted by atomic mass is 10.1. The molecule has 1 rings (SSSR count). The van der Waals surface area contributed by atoms with Gasteiger partial charge < -0.3 is 16.8 Å². The number of hydrogen-bond donors (Lipinski definition) is 3. The molecule has 1 aromatic rings. The van der Waals surface area contributed by atoms with Gasteiger partial charge in [0, 0.05) is 23.7 Å². The number of benzene rings is 1. The van der Waals surface area contributed by atoms with Crippen LogP contribution in [0.25, 0.3) is 0 Å². The monoisotopic (exact) mass is 299 g/mol. The van der Waals surface area contributed by atoms with Gasteiger partial charge in [-0.2, -0.15) is 0 Å². The molecule has 0 aliphatic rings. The second kappa shape index (κ2) is 9.34. The van der Waals surface area contributed by atoms with Crippen LogP contribution in [0.1, 0.15) is 46.9 Å². The van der Waals surface area contributed by atoms with Gasteiger partial charge in [0.25, 0.3) is 5.91 Å². The van der Waals surface area contributed by atoms with E-state index in [0.717, 1.165) is 19.3 Å². The average molecular weight is 300 g/mol. The van der Waals surface area contributed by atoms with E-state index in [9.17, 15) is 9.59 Å². The molecule has 1 aromatic carbocycles. The largest absolute Gasteiger partial charge is 0.366 e. The molecule has 6 heteroatoms. The Kier molecular flexibility index (Phi) is 8.59. The van der Waals surface area contributed by atoms with Gasteiger partial charge in [-0.15, -0.1) is 12.4 Å². The van der Waals surface area contributed by atoms with E-state index in [1.807, 2.05) is 0 Å². The summed E-state index contributed by atoms with van der Waals surface area (Å²) >= 11 is 0. The molecular formula is C14H22ClN3O2. The third-order valence-electron chi connectivity index (χ3n) is 2.96. The number of unbranched alkanes of at least 4 members (excludes halogenated alkanes) is 1. The number of primary amides is 1. The Morgan fingerprint density at radius 2 is 1.75 bits per heavy atom. The molecule has 0 spiro atoms. The second-order valence-corrected chi connectivity index (χ2v) is 4.49. The zero-order valence-corrected chi connectivity index (χ0v) is 12.4. The Balaban J connectivity index is 0.00000361. The van der Waals surface area contributed by atoms with E-state index in [0.29, 0.717) is 17.7 Å². The summed E-state index contributed by atoms with van der Waals surface area (Å²) in [7, 11) is 0. The predicted molar refractivity (Wildman–Crippen MR) is 82.0 cm³/mol. The van der Waals surface area contributed by atoms with Crippen molar-refractivity contribution in [3.05, 3.63) is 35.4 Å². The first-order chi connectivity index (χ1) is 9.08. The molecule has 112 valence electrons. The smallest absolute Gasteiger partial charge is 0.251 e. The lowest BCUT2D eigenvalue weighted by Crippen LogP contribution is -2.40. The van der Waals surface area contributed by atoms with Crippen LogP contribution >= 0.6 is 12.4 Å². The van der Waals surface area contributed by atoms with Crippen LogP contribution in [-0.4, -0.2) is 24.4 Å². The molecule has 0 saturated heterocycles. The zero-order valence-electron chi connectivity index (χ0n) is 11.6. The van der Waals surface area contributed by atoms with Gasteiger partial charge in [-0.1, -0.05) is 19.8 Å². The highest BCUT2D eigenvalue weighted by Gasteiger charge is 2.12. The van der Waals surface area contributed by atoms with Crippen molar-refractivity contribution in [2.75, 3.05) is 6.54 Å². The minimum atomic E-state index is -0.505. The molecule has 0 aliphatic heterocycles. The molecule has 0 radical (unpaired) electrons. The van der Waals surface area contributed by atoms with Crippen molar-refractivity contribution in [3.63, 3.8) is 0 Å². The summed E-state index contributed by atoms with van der Waals surface area (Å²) in [6.45, 7) is 2.52. The van der Waals surface area contributed by atoms with Gasteiger partial charge in [0.1, 0.15) is 0 Å². The fourth-order valence-electron chi connectivity index (χ4n) is 1.75. The molecule has 5 N–H and O–H groups in total. The third kappa shape index (κ3) is 5.59. The fourth-order valence-corrected chi connectivity index (χ4v) is 1.75. The van der Waals surface area contributed by atoms with E-state index in [1.54, 1.807) is 24.3 Å². The van der Waals surface area contributed by atoms with Gasteiger partial charge >= 0.3 is 0 Å². The lowest BCUT2D eigenvalue weighted by Gasteiger charge is -2.16. The molecule has 0 fully saturated rings. The van der Waals surface area contributed by atoms with Gasteiger partial charge in [-0.3, -0.25) is 9.59 Å². The van der Waals surface area contributed by atoms with Crippen LogP contribution < -0.4 is 16.8 Å². The van der Waals surface area contributed by atoms with Crippen molar-refractivity contribution < 1.29 is 9.59 Å². The number of nitrogens with one attached hydrogen (secondary N) is 1. The van der Waals surface area contributed by atoms with Crippen molar-refractivity contribution >= 4 is 24.2 Å². The number of halogens is 1. The Morgan fingerprint density at radius 1 is 1.20 bits per heavy atom. The van der Waals surface area contributed by atoms with Gasteiger partial charge in [-0.25, -0.2) is 0 Å². The van der Waals surface area contributed by atoms with Gasteiger partial charge in [0.05, 0.1) is 0 Å². The summed E-state index contributed by atoms with van der Waals surface area (Å²) in [6, 6.07) is 6.25. The molecule has 5 nitrogen and oxygen atoms in total. The Labute approximate surface area is 125 Å². The van der Waals surface area contributed by atoms with Gasteiger partial charge in [0.15, 0.2) is 0 Å². The summed E-state index contributed by atoms with van der Waals surface area (Å²) < 4.78 is 0. The number of carbonyl (C=O) groups excluding carboxylic acids is 2. The lowest BCUT2D eigenvalue weighted by molar-refractivity contribution is 0.0933. The van der Waals surface area contributed by atoms with E-state index in [1.165, 1.54) is 0 Å². The van der Waals surface area contributed by atoms with Crippen LogP contribution in [0.5, 0.6) is 0 Å². The molecule has 1 atom stereocenters. The minimum absolute atomic E-state index is 0. The van der Waals surface area contributed by atoms with Gasteiger partial charge in [-0.05, 0) is 30.7 Å². The van der Waals surface area contributed by atoms with E-state index in [-0.39, 0.29) is 24.4 Å². The molecule has 2 amide bonds. The maximum atomic E-state index is 12.0. The Hall–Kier alpha value is -1.59. The highest BCUT2D eigenvalue weighted by Crippen LogP contribution is 2.06. The molecule has 0 aromatic heterocycles. The second-order valence-electron chi connectivity index (χ2n) is 4.49. The number of nitrogens with two attached hydrogens (primary N) is 2. The first kappa shape index (κ1) is 18.4. The normalized spacial score (nSPS) is 11.3. The standard InChI is InChI=1S/C14H21N3O2.ClH/c1-2-3-4-12(9-15)17-14(19)11-7-5-10(6-8-11)13(16)18;/h5-8,12H,2-4,9,15H2,1H3,(H2,16,18)(H,17,19);1H. The van der Waals surface area contributed by atoms with Crippen LogP contribution in [0.4, 0.5) is 0 Å². The summed E-state index contributed by atoms with van der Waals surface area (Å²) in [6.07, 6.45) is 2.97. The maximum Gasteiger partial charge on any atom is 0.251 e. The fraction of sp³-hybridized carbons (Fsp3) is 0.429. The summed E-state index contributed by atoms with van der Waals surface area (Å²) in [5.74, 6) is -0.683. The average Bonchev–Trinajstić information content (AvgIpc) is 2.43. The van der Waals surface area contributed by atoms with E-state index < -0.39 is 5.91 Å². The highest BCUT2D eigenvalue weighted by molar-refractivity contribution is 5.97. The summed E-state index contributed by atoms with van der Waals surface area (Å²) in [5, 5.41) is 2.89. The molecule has 0 aliphatic carbocycles. The third-order valence-corrected chi connectivity index (χ3v) is 2.96. The van der Waals surface area contributed by atoms with E-state index >= 15 is 0 Å². The zero-order chi connectivity index (χ0) is 14.3. The molecule has 0 saturated carbocycles.